The summed E-state index contributed by atoms with van der Waals surface area (Å²) >= 11 is 1.88. The minimum absolute atomic E-state index is 0.906. The monoisotopic (exact) mass is 238 g/mol. The molecule has 2 nitrogen and oxygen atoms in total. The van der Waals surface area contributed by atoms with Gasteiger partial charge in [-0.2, -0.15) is 0 Å². The second-order valence-corrected chi connectivity index (χ2v) is 5.70. The highest BCUT2D eigenvalue weighted by Gasteiger charge is 2.17. The first-order valence-electron chi connectivity index (χ1n) is 6.28. The largest absolute Gasteiger partial charge is 0.319 e. The molecule has 1 fully saturated rings. The van der Waals surface area contributed by atoms with Gasteiger partial charge in [-0.15, -0.1) is 11.3 Å². The molecule has 0 amide bonds. The van der Waals surface area contributed by atoms with Crippen molar-refractivity contribution in [3.8, 4) is 0 Å². The lowest BCUT2D eigenvalue weighted by Gasteiger charge is -2.31. The maximum atomic E-state index is 3.29. The van der Waals surface area contributed by atoms with Crippen molar-refractivity contribution < 1.29 is 0 Å². The molecule has 2 rings (SSSR count). The summed E-state index contributed by atoms with van der Waals surface area (Å²) in [6, 6.07) is 4.40. The van der Waals surface area contributed by atoms with Gasteiger partial charge in [0.25, 0.3) is 0 Å². The Kier molecular flexibility index (Phi) is 4.82. The van der Waals surface area contributed by atoms with E-state index in [-0.39, 0.29) is 0 Å². The van der Waals surface area contributed by atoms with Crippen LogP contribution in [0.5, 0.6) is 0 Å². The molecule has 1 aromatic rings. The number of hydrogen-bond acceptors (Lipinski definition) is 3. The van der Waals surface area contributed by atoms with Gasteiger partial charge in [0.2, 0.25) is 0 Å². The van der Waals surface area contributed by atoms with E-state index in [2.05, 4.69) is 34.8 Å². The Labute approximate surface area is 103 Å². The molecule has 16 heavy (non-hydrogen) atoms. The van der Waals surface area contributed by atoms with E-state index in [1.54, 1.807) is 0 Å². The van der Waals surface area contributed by atoms with Gasteiger partial charge < -0.3 is 10.2 Å². The smallest absolute Gasteiger partial charge is 0.00579 e. The van der Waals surface area contributed by atoms with Gasteiger partial charge in [0.05, 0.1) is 0 Å². The van der Waals surface area contributed by atoms with Gasteiger partial charge in [-0.25, -0.2) is 0 Å². The van der Waals surface area contributed by atoms with Crippen molar-refractivity contribution in [2.24, 2.45) is 5.92 Å². The van der Waals surface area contributed by atoms with E-state index < -0.39 is 0 Å². The van der Waals surface area contributed by atoms with Crippen LogP contribution in [0.15, 0.2) is 17.5 Å². The van der Waals surface area contributed by atoms with Crippen LogP contribution in [0.4, 0.5) is 0 Å². The average molecular weight is 238 g/mol. The minimum atomic E-state index is 0.906. The van der Waals surface area contributed by atoms with Gasteiger partial charge in [0, 0.05) is 11.4 Å². The fourth-order valence-corrected chi connectivity index (χ4v) is 3.12. The molecule has 1 N–H and O–H groups in total. The van der Waals surface area contributed by atoms with Crippen molar-refractivity contribution >= 4 is 11.3 Å². The van der Waals surface area contributed by atoms with E-state index in [1.165, 1.54) is 50.3 Å². The van der Waals surface area contributed by atoms with Crippen LogP contribution in [-0.4, -0.2) is 38.1 Å². The third-order valence-electron chi connectivity index (χ3n) is 3.45. The predicted octanol–water partition coefficient (Wildman–Crippen LogP) is 2.22. The normalized spacial score (nSPS) is 19.1. The summed E-state index contributed by atoms with van der Waals surface area (Å²) in [6.45, 7) is 5.01. The molecule has 0 atom stereocenters. The second-order valence-electron chi connectivity index (χ2n) is 4.67. The Balaban J connectivity index is 1.65. The van der Waals surface area contributed by atoms with Crippen LogP contribution in [0, 0.1) is 5.92 Å². The molecule has 1 aliphatic rings. The highest BCUT2D eigenvalue weighted by molar-refractivity contribution is 7.09. The Bertz CT molecular complexity index is 276. The lowest BCUT2D eigenvalue weighted by Crippen LogP contribution is -2.37. The van der Waals surface area contributed by atoms with E-state index in [4.69, 9.17) is 0 Å². The molecular weight excluding hydrogens is 216 g/mol. The van der Waals surface area contributed by atoms with Gasteiger partial charge in [-0.3, -0.25) is 0 Å². The number of likely N-dealkylation sites (tertiary alicyclic amines) is 1. The number of rotatable bonds is 5. The topological polar surface area (TPSA) is 15.3 Å². The molecule has 1 aromatic heterocycles. The molecule has 90 valence electrons. The van der Waals surface area contributed by atoms with Gasteiger partial charge in [-0.1, -0.05) is 6.07 Å². The van der Waals surface area contributed by atoms with Crippen LogP contribution in [0.3, 0.4) is 0 Å². The van der Waals surface area contributed by atoms with Crippen LogP contribution in [-0.2, 0) is 6.42 Å². The van der Waals surface area contributed by atoms with Gasteiger partial charge >= 0.3 is 0 Å². The first-order valence-corrected chi connectivity index (χ1v) is 7.16. The molecule has 0 radical (unpaired) electrons. The van der Waals surface area contributed by atoms with E-state index in [0.29, 0.717) is 0 Å². The van der Waals surface area contributed by atoms with E-state index in [1.807, 2.05) is 11.3 Å². The molecule has 1 saturated heterocycles. The summed E-state index contributed by atoms with van der Waals surface area (Å²) in [6.07, 6.45) is 3.96. The highest BCUT2D eigenvalue weighted by atomic mass is 32.1. The van der Waals surface area contributed by atoms with Crippen molar-refractivity contribution in [1.82, 2.24) is 10.2 Å². The molecule has 0 spiro atoms. The quantitative estimate of drug-likeness (QED) is 0.846. The van der Waals surface area contributed by atoms with Gasteiger partial charge in [-0.05, 0) is 63.3 Å². The Morgan fingerprint density at radius 1 is 1.44 bits per heavy atom. The summed E-state index contributed by atoms with van der Waals surface area (Å²) in [5.74, 6) is 0.906. The number of thiophene rings is 1. The van der Waals surface area contributed by atoms with E-state index in [9.17, 15) is 0 Å². The minimum Gasteiger partial charge on any atom is -0.319 e. The number of hydrogen-bond donors (Lipinski definition) is 1. The summed E-state index contributed by atoms with van der Waals surface area (Å²) in [5, 5.41) is 5.46. The highest BCUT2D eigenvalue weighted by Crippen LogP contribution is 2.17. The lowest BCUT2D eigenvalue weighted by molar-refractivity contribution is 0.186. The molecule has 0 aliphatic carbocycles. The number of nitrogens with zero attached hydrogens (tertiary/aromatic N) is 1. The molecule has 0 saturated carbocycles. The molecule has 3 heteroatoms. The third-order valence-corrected chi connectivity index (χ3v) is 4.39. The first-order chi connectivity index (χ1) is 7.88. The van der Waals surface area contributed by atoms with Crippen molar-refractivity contribution in [1.29, 1.82) is 0 Å². The standard InChI is InChI=1S/C13H22N2S/c1-14-11-12-4-7-15(8-5-12)9-6-13-3-2-10-16-13/h2-3,10,12,14H,4-9,11H2,1H3. The Morgan fingerprint density at radius 3 is 2.88 bits per heavy atom. The van der Waals surface area contributed by atoms with E-state index >= 15 is 0 Å². The molecular formula is C13H22N2S. The van der Waals surface area contributed by atoms with Crippen LogP contribution in [0.2, 0.25) is 0 Å². The number of piperidine rings is 1. The van der Waals surface area contributed by atoms with Crippen molar-refractivity contribution in [3.63, 3.8) is 0 Å². The summed E-state index contributed by atoms with van der Waals surface area (Å²) in [4.78, 5) is 4.14. The first kappa shape index (κ1) is 12.1. The molecule has 0 unspecified atom stereocenters. The Hall–Kier alpha value is -0.380. The van der Waals surface area contributed by atoms with Crippen LogP contribution >= 0.6 is 11.3 Å². The molecule has 1 aliphatic heterocycles. The van der Waals surface area contributed by atoms with E-state index in [0.717, 1.165) is 5.92 Å². The molecule has 0 bridgehead atoms. The lowest BCUT2D eigenvalue weighted by atomic mass is 9.97. The van der Waals surface area contributed by atoms with Gasteiger partial charge in [0.15, 0.2) is 0 Å². The maximum Gasteiger partial charge on any atom is 0.00579 e. The predicted molar refractivity (Wildman–Crippen MR) is 71.1 cm³/mol. The Morgan fingerprint density at radius 2 is 2.25 bits per heavy atom. The van der Waals surface area contributed by atoms with Crippen LogP contribution in [0.1, 0.15) is 17.7 Å². The van der Waals surface area contributed by atoms with Gasteiger partial charge in [0.1, 0.15) is 0 Å². The van der Waals surface area contributed by atoms with Crippen molar-refractivity contribution in [2.75, 3.05) is 33.2 Å². The SMILES string of the molecule is CNCC1CCN(CCc2cccs2)CC1. The summed E-state index contributed by atoms with van der Waals surface area (Å²) in [7, 11) is 2.06. The second kappa shape index (κ2) is 6.38. The zero-order chi connectivity index (χ0) is 11.2. The zero-order valence-electron chi connectivity index (χ0n) is 10.1. The zero-order valence-corrected chi connectivity index (χ0v) is 10.9. The fraction of sp³-hybridized carbons (Fsp3) is 0.692. The fourth-order valence-electron chi connectivity index (χ4n) is 2.43. The number of nitrogens with one attached hydrogen (secondary N) is 1. The summed E-state index contributed by atoms with van der Waals surface area (Å²) < 4.78 is 0. The van der Waals surface area contributed by atoms with Crippen molar-refractivity contribution in [3.05, 3.63) is 22.4 Å². The molecule has 2 heterocycles. The maximum absolute atomic E-state index is 3.29. The third kappa shape index (κ3) is 3.58. The molecule has 0 aromatic carbocycles. The summed E-state index contributed by atoms with van der Waals surface area (Å²) in [5.41, 5.74) is 0. The van der Waals surface area contributed by atoms with Crippen LogP contribution in [0.25, 0.3) is 0 Å². The average Bonchev–Trinajstić information content (AvgIpc) is 2.82. The van der Waals surface area contributed by atoms with Crippen molar-refractivity contribution in [2.45, 2.75) is 19.3 Å². The van der Waals surface area contributed by atoms with Crippen LogP contribution < -0.4 is 5.32 Å².